The van der Waals surface area contributed by atoms with Gasteiger partial charge in [0.15, 0.2) is 0 Å². The molecule has 1 aliphatic heterocycles. The number of aliphatic hydroxyl groups excluding tert-OH is 1. The van der Waals surface area contributed by atoms with E-state index in [0.717, 1.165) is 25.1 Å². The molecule has 0 saturated carbocycles. The van der Waals surface area contributed by atoms with E-state index in [0.29, 0.717) is 6.54 Å². The van der Waals surface area contributed by atoms with Crippen LogP contribution in [0.25, 0.3) is 0 Å². The summed E-state index contributed by atoms with van der Waals surface area (Å²) in [5, 5.41) is 9.15. The van der Waals surface area contributed by atoms with Crippen molar-refractivity contribution in [3.05, 3.63) is 59.9 Å². The van der Waals surface area contributed by atoms with Crippen LogP contribution in [-0.2, 0) is 6.54 Å². The second-order valence-electron chi connectivity index (χ2n) is 5.64. The summed E-state index contributed by atoms with van der Waals surface area (Å²) >= 11 is 0. The fraction of sp³-hybridized carbons (Fsp3) is 0.353. The lowest BCUT2D eigenvalue weighted by molar-refractivity contribution is 0.0782. The molecule has 0 radical (unpaired) electrons. The normalized spacial score (nSPS) is 18.1. The molecule has 1 atom stereocenters. The average Bonchev–Trinajstić information content (AvgIpc) is 3.18. The van der Waals surface area contributed by atoms with Crippen LogP contribution in [0.1, 0.15) is 22.3 Å². The molecule has 2 aromatic rings. The Balaban J connectivity index is 1.65. The zero-order valence-electron chi connectivity index (χ0n) is 12.0. The molecule has 0 bridgehead atoms. The molecule has 4 nitrogen and oxygen atoms in total. The molecule has 0 spiro atoms. The summed E-state index contributed by atoms with van der Waals surface area (Å²) in [5.41, 5.74) is 1.90. The third kappa shape index (κ3) is 3.16. The summed E-state index contributed by atoms with van der Waals surface area (Å²) in [7, 11) is 0. The van der Waals surface area contributed by atoms with Crippen LogP contribution < -0.4 is 0 Å². The van der Waals surface area contributed by atoms with Gasteiger partial charge in [-0.15, -0.1) is 0 Å². The quantitative estimate of drug-likeness (QED) is 0.933. The van der Waals surface area contributed by atoms with Gasteiger partial charge in [0.05, 0.1) is 0 Å². The molecule has 1 saturated heterocycles. The lowest BCUT2D eigenvalue weighted by atomic mass is 10.1. The Hall–Kier alpha value is -2.07. The van der Waals surface area contributed by atoms with Crippen molar-refractivity contribution < 1.29 is 9.90 Å². The first-order valence-corrected chi connectivity index (χ1v) is 7.36. The molecular weight excluding hydrogens is 264 g/mol. The topological polar surface area (TPSA) is 45.5 Å². The highest BCUT2D eigenvalue weighted by Gasteiger charge is 2.26. The van der Waals surface area contributed by atoms with Crippen molar-refractivity contribution in [1.82, 2.24) is 9.47 Å². The van der Waals surface area contributed by atoms with Crippen LogP contribution >= 0.6 is 0 Å². The molecule has 110 valence electrons. The average molecular weight is 284 g/mol. The number of hydrogen-bond acceptors (Lipinski definition) is 2. The number of nitrogens with zero attached hydrogens (tertiary/aromatic N) is 2. The number of amides is 1. The van der Waals surface area contributed by atoms with E-state index < -0.39 is 0 Å². The van der Waals surface area contributed by atoms with Crippen LogP contribution in [0, 0.1) is 5.92 Å². The van der Waals surface area contributed by atoms with Gasteiger partial charge in [0.2, 0.25) is 0 Å². The van der Waals surface area contributed by atoms with E-state index in [4.69, 9.17) is 5.11 Å². The van der Waals surface area contributed by atoms with Crippen LogP contribution in [0.15, 0.2) is 48.8 Å². The highest BCUT2D eigenvalue weighted by atomic mass is 16.3. The van der Waals surface area contributed by atoms with Gasteiger partial charge in [0.1, 0.15) is 0 Å². The first kappa shape index (κ1) is 13.9. The number of aromatic nitrogens is 1. The van der Waals surface area contributed by atoms with Gasteiger partial charge in [-0.3, -0.25) is 4.79 Å². The van der Waals surface area contributed by atoms with Gasteiger partial charge in [-0.25, -0.2) is 0 Å². The van der Waals surface area contributed by atoms with Gasteiger partial charge in [-0.1, -0.05) is 12.1 Å². The molecule has 1 aromatic heterocycles. The fourth-order valence-corrected chi connectivity index (χ4v) is 2.79. The zero-order valence-corrected chi connectivity index (χ0v) is 12.0. The largest absolute Gasteiger partial charge is 0.396 e. The van der Waals surface area contributed by atoms with E-state index in [1.807, 2.05) is 53.7 Å². The van der Waals surface area contributed by atoms with Crippen LogP contribution in [0.3, 0.4) is 0 Å². The summed E-state index contributed by atoms with van der Waals surface area (Å²) in [6.07, 6.45) is 4.95. The molecule has 1 aromatic carbocycles. The molecule has 2 heterocycles. The van der Waals surface area contributed by atoms with E-state index >= 15 is 0 Å². The third-order valence-electron chi connectivity index (χ3n) is 4.06. The van der Waals surface area contributed by atoms with E-state index in [9.17, 15) is 4.79 Å². The maximum Gasteiger partial charge on any atom is 0.253 e. The van der Waals surface area contributed by atoms with Crippen LogP contribution in [0.5, 0.6) is 0 Å². The van der Waals surface area contributed by atoms with Gasteiger partial charge < -0.3 is 14.6 Å². The Morgan fingerprint density at radius 2 is 1.90 bits per heavy atom. The van der Waals surface area contributed by atoms with E-state index in [1.165, 1.54) is 5.56 Å². The van der Waals surface area contributed by atoms with E-state index in [2.05, 4.69) is 4.57 Å². The predicted molar refractivity (Wildman–Crippen MR) is 81.1 cm³/mol. The number of rotatable bonds is 4. The van der Waals surface area contributed by atoms with Crippen LogP contribution in [0.4, 0.5) is 0 Å². The Morgan fingerprint density at radius 1 is 1.19 bits per heavy atom. The monoisotopic (exact) mass is 284 g/mol. The molecule has 1 N–H and O–H groups in total. The van der Waals surface area contributed by atoms with Gasteiger partial charge in [-0.2, -0.15) is 0 Å². The number of aliphatic hydroxyl groups is 1. The number of likely N-dealkylation sites (tertiary alicyclic amines) is 1. The molecule has 1 unspecified atom stereocenters. The van der Waals surface area contributed by atoms with Crippen molar-refractivity contribution in [2.45, 2.75) is 13.0 Å². The Bertz CT molecular complexity index is 590. The van der Waals surface area contributed by atoms with Crippen molar-refractivity contribution in [3.8, 4) is 0 Å². The second-order valence-corrected chi connectivity index (χ2v) is 5.64. The molecule has 0 aliphatic carbocycles. The van der Waals surface area contributed by atoms with Gasteiger partial charge in [0.25, 0.3) is 5.91 Å². The Labute approximate surface area is 124 Å². The Morgan fingerprint density at radius 3 is 2.52 bits per heavy atom. The molecule has 1 aliphatic rings. The summed E-state index contributed by atoms with van der Waals surface area (Å²) in [6, 6.07) is 11.8. The summed E-state index contributed by atoms with van der Waals surface area (Å²) in [5.74, 6) is 0.306. The smallest absolute Gasteiger partial charge is 0.253 e. The van der Waals surface area contributed by atoms with Crippen molar-refractivity contribution in [2.24, 2.45) is 5.92 Å². The van der Waals surface area contributed by atoms with Crippen molar-refractivity contribution in [3.63, 3.8) is 0 Å². The molecule has 3 rings (SSSR count). The first-order valence-electron chi connectivity index (χ1n) is 7.36. The van der Waals surface area contributed by atoms with E-state index in [1.54, 1.807) is 0 Å². The van der Waals surface area contributed by atoms with Crippen molar-refractivity contribution in [2.75, 3.05) is 19.7 Å². The van der Waals surface area contributed by atoms with Gasteiger partial charge >= 0.3 is 0 Å². The highest BCUT2D eigenvalue weighted by molar-refractivity contribution is 5.94. The molecule has 1 amide bonds. The summed E-state index contributed by atoms with van der Waals surface area (Å²) in [4.78, 5) is 14.2. The van der Waals surface area contributed by atoms with E-state index in [-0.39, 0.29) is 18.4 Å². The van der Waals surface area contributed by atoms with Crippen LogP contribution in [-0.4, -0.2) is 40.2 Å². The molecular formula is C17H20N2O2. The maximum atomic E-state index is 12.4. The number of carbonyl (C=O) groups is 1. The summed E-state index contributed by atoms with van der Waals surface area (Å²) < 4.78 is 2.10. The SMILES string of the molecule is O=C(c1ccc(Cn2cccc2)cc1)N1CCC(CO)C1. The van der Waals surface area contributed by atoms with Gasteiger partial charge in [0, 0.05) is 50.1 Å². The zero-order chi connectivity index (χ0) is 14.7. The summed E-state index contributed by atoms with van der Waals surface area (Å²) in [6.45, 7) is 2.40. The van der Waals surface area contributed by atoms with Crippen molar-refractivity contribution in [1.29, 1.82) is 0 Å². The van der Waals surface area contributed by atoms with Crippen molar-refractivity contribution >= 4 is 5.91 Å². The lowest BCUT2D eigenvalue weighted by Crippen LogP contribution is -2.29. The van der Waals surface area contributed by atoms with Crippen LogP contribution in [0.2, 0.25) is 0 Å². The number of carbonyl (C=O) groups excluding carboxylic acids is 1. The minimum atomic E-state index is 0.0680. The number of benzene rings is 1. The standard InChI is InChI=1S/C17H20N2O2/c20-13-15-7-10-19(12-15)17(21)16-5-3-14(4-6-16)11-18-8-1-2-9-18/h1-6,8-9,15,20H,7,10-13H2. The fourth-order valence-electron chi connectivity index (χ4n) is 2.79. The highest BCUT2D eigenvalue weighted by Crippen LogP contribution is 2.18. The third-order valence-corrected chi connectivity index (χ3v) is 4.06. The molecule has 21 heavy (non-hydrogen) atoms. The number of hydrogen-bond donors (Lipinski definition) is 1. The minimum Gasteiger partial charge on any atom is -0.396 e. The predicted octanol–water partition coefficient (Wildman–Crippen LogP) is 1.99. The lowest BCUT2D eigenvalue weighted by Gasteiger charge is -2.16. The first-order chi connectivity index (χ1) is 10.3. The van der Waals surface area contributed by atoms with Gasteiger partial charge in [-0.05, 0) is 36.2 Å². The molecule has 1 fully saturated rings. The Kier molecular flexibility index (Phi) is 4.06. The second kappa shape index (κ2) is 6.14. The minimum absolute atomic E-state index is 0.0680. The molecule has 4 heteroatoms. The maximum absolute atomic E-state index is 12.4.